The summed E-state index contributed by atoms with van der Waals surface area (Å²) in [5.74, 6) is -0.804. The molecule has 8 heteroatoms. The number of nitriles is 1. The maximum atomic E-state index is 13.0. The number of ether oxygens (including phenoxy) is 3. The van der Waals surface area contributed by atoms with Crippen LogP contribution in [-0.2, 0) is 23.9 Å². The second kappa shape index (κ2) is 12.4. The Morgan fingerprint density at radius 2 is 1.81 bits per heavy atom. The first-order chi connectivity index (χ1) is 15.4. The van der Waals surface area contributed by atoms with Gasteiger partial charge in [0.05, 0.1) is 26.4 Å². The van der Waals surface area contributed by atoms with Crippen molar-refractivity contribution in [1.29, 1.82) is 5.26 Å². The molecule has 0 bridgehead atoms. The number of hydrogen-bond acceptors (Lipinski definition) is 7. The minimum atomic E-state index is -0.643. The van der Waals surface area contributed by atoms with Crippen LogP contribution in [0.2, 0.25) is 0 Å². The number of hydrogen-bond donors (Lipinski definition) is 0. The molecule has 1 aliphatic rings. The van der Waals surface area contributed by atoms with Gasteiger partial charge >= 0.3 is 5.97 Å². The van der Waals surface area contributed by atoms with Crippen LogP contribution < -0.4 is 4.74 Å². The van der Waals surface area contributed by atoms with Crippen LogP contribution in [-0.4, -0.2) is 55.7 Å². The van der Waals surface area contributed by atoms with E-state index < -0.39 is 17.8 Å². The molecule has 2 rings (SSSR count). The van der Waals surface area contributed by atoms with Crippen LogP contribution in [0.1, 0.15) is 39.2 Å². The number of esters is 1. The van der Waals surface area contributed by atoms with Crippen LogP contribution in [0.15, 0.2) is 41.0 Å². The van der Waals surface area contributed by atoms with E-state index in [1.165, 1.54) is 6.92 Å². The van der Waals surface area contributed by atoms with Gasteiger partial charge in [-0.3, -0.25) is 19.3 Å². The average molecular weight is 440 g/mol. The summed E-state index contributed by atoms with van der Waals surface area (Å²) >= 11 is 0. The molecule has 0 fully saturated rings. The number of amides is 2. The first-order valence-corrected chi connectivity index (χ1v) is 10.5. The fraction of sp³-hybridized carbons (Fsp3) is 0.417. The molecule has 1 heterocycles. The van der Waals surface area contributed by atoms with Crippen molar-refractivity contribution < 1.29 is 28.6 Å². The fourth-order valence-corrected chi connectivity index (χ4v) is 3.00. The third-order valence-electron chi connectivity index (χ3n) is 4.78. The second-order valence-electron chi connectivity index (χ2n) is 7.16. The van der Waals surface area contributed by atoms with Gasteiger partial charge in [0.15, 0.2) is 0 Å². The van der Waals surface area contributed by atoms with Gasteiger partial charge in [-0.1, -0.05) is 25.5 Å². The summed E-state index contributed by atoms with van der Waals surface area (Å²) in [6, 6.07) is 9.18. The van der Waals surface area contributed by atoms with Crippen LogP contribution >= 0.6 is 0 Å². The average Bonchev–Trinajstić information content (AvgIpc) is 2.77. The lowest BCUT2D eigenvalue weighted by molar-refractivity contribution is -0.142. The molecular weight excluding hydrogens is 412 g/mol. The highest BCUT2D eigenvalue weighted by Crippen LogP contribution is 2.27. The molecule has 1 aromatic carbocycles. The van der Waals surface area contributed by atoms with Crippen molar-refractivity contribution in [3.8, 4) is 11.8 Å². The Kier molecular flexibility index (Phi) is 9.64. The standard InChI is InChI=1S/C24H28N2O6/c1-4-5-11-32-20-8-6-19(7-9-20)15-21-17(2)22(16-25)24(29)26(23(21)28)10-12-30-13-14-31-18(3)27/h6-9,15H,4-5,10-14H2,1-3H3/b21-15+. The number of imide groups is 1. The largest absolute Gasteiger partial charge is 0.494 e. The molecule has 32 heavy (non-hydrogen) atoms. The molecule has 0 saturated heterocycles. The minimum Gasteiger partial charge on any atom is -0.494 e. The SMILES string of the molecule is CCCCOc1ccc(/C=C2/C(=O)N(CCOCCOC(C)=O)C(=O)C(C#N)=C2C)cc1. The van der Waals surface area contributed by atoms with Crippen molar-refractivity contribution in [3.63, 3.8) is 0 Å². The van der Waals surface area contributed by atoms with Crippen LogP contribution in [0, 0.1) is 11.3 Å². The lowest BCUT2D eigenvalue weighted by Crippen LogP contribution is -2.44. The summed E-state index contributed by atoms with van der Waals surface area (Å²) in [5, 5.41) is 9.46. The normalized spacial score (nSPS) is 15.2. The smallest absolute Gasteiger partial charge is 0.302 e. The van der Waals surface area contributed by atoms with Crippen LogP contribution in [0.25, 0.3) is 6.08 Å². The molecule has 0 aromatic heterocycles. The molecule has 2 amide bonds. The van der Waals surface area contributed by atoms with Gasteiger partial charge in [-0.25, -0.2) is 0 Å². The maximum absolute atomic E-state index is 13.0. The van der Waals surface area contributed by atoms with E-state index in [0.29, 0.717) is 12.2 Å². The molecule has 1 aromatic rings. The van der Waals surface area contributed by atoms with Crippen LogP contribution in [0.4, 0.5) is 0 Å². The number of rotatable bonds is 11. The molecule has 0 spiro atoms. The predicted octanol–water partition coefficient (Wildman–Crippen LogP) is 3.04. The third kappa shape index (κ3) is 6.79. The Balaban J connectivity index is 2.12. The Bertz CT molecular complexity index is 940. The summed E-state index contributed by atoms with van der Waals surface area (Å²) in [6.07, 6.45) is 3.68. The molecule has 1 aliphatic heterocycles. The number of nitrogens with zero attached hydrogens (tertiary/aromatic N) is 2. The number of benzene rings is 1. The topological polar surface area (TPSA) is 106 Å². The molecule has 8 nitrogen and oxygen atoms in total. The van der Waals surface area contributed by atoms with E-state index in [0.717, 1.165) is 29.1 Å². The Hall–Kier alpha value is -3.44. The van der Waals surface area contributed by atoms with Crippen molar-refractivity contribution in [3.05, 3.63) is 46.5 Å². The highest BCUT2D eigenvalue weighted by Gasteiger charge is 2.35. The van der Waals surface area contributed by atoms with E-state index in [-0.39, 0.29) is 37.5 Å². The van der Waals surface area contributed by atoms with E-state index in [4.69, 9.17) is 14.2 Å². The van der Waals surface area contributed by atoms with Crippen LogP contribution in [0.5, 0.6) is 5.75 Å². The maximum Gasteiger partial charge on any atom is 0.302 e. The number of unbranched alkanes of at least 4 members (excludes halogenated alkanes) is 1. The van der Waals surface area contributed by atoms with Gasteiger partial charge in [-0.05, 0) is 42.7 Å². The third-order valence-corrected chi connectivity index (χ3v) is 4.78. The van der Waals surface area contributed by atoms with Crippen molar-refractivity contribution >= 4 is 23.9 Å². The molecule has 0 aliphatic carbocycles. The van der Waals surface area contributed by atoms with E-state index in [2.05, 4.69) is 6.92 Å². The van der Waals surface area contributed by atoms with Gasteiger partial charge in [0.1, 0.15) is 24.0 Å². The lowest BCUT2D eigenvalue weighted by atomic mass is 9.93. The van der Waals surface area contributed by atoms with Crippen molar-refractivity contribution in [1.82, 2.24) is 4.90 Å². The molecule has 0 radical (unpaired) electrons. The van der Waals surface area contributed by atoms with Crippen LogP contribution in [0.3, 0.4) is 0 Å². The Morgan fingerprint density at radius 3 is 2.44 bits per heavy atom. The van der Waals surface area contributed by atoms with Gasteiger partial charge in [-0.15, -0.1) is 0 Å². The predicted molar refractivity (Wildman–Crippen MR) is 117 cm³/mol. The summed E-state index contributed by atoms with van der Waals surface area (Å²) in [4.78, 5) is 37.4. The summed E-state index contributed by atoms with van der Waals surface area (Å²) < 4.78 is 15.7. The van der Waals surface area contributed by atoms with Crippen molar-refractivity contribution in [2.75, 3.05) is 33.0 Å². The zero-order valence-corrected chi connectivity index (χ0v) is 18.7. The highest BCUT2D eigenvalue weighted by molar-refractivity contribution is 6.19. The minimum absolute atomic E-state index is 0.0161. The monoisotopic (exact) mass is 440 g/mol. The highest BCUT2D eigenvalue weighted by atomic mass is 16.6. The zero-order valence-electron chi connectivity index (χ0n) is 18.7. The quantitative estimate of drug-likeness (QED) is 0.225. The van der Waals surface area contributed by atoms with Crippen molar-refractivity contribution in [2.45, 2.75) is 33.6 Å². The van der Waals surface area contributed by atoms with Crippen molar-refractivity contribution in [2.24, 2.45) is 0 Å². The van der Waals surface area contributed by atoms with E-state index in [9.17, 15) is 19.6 Å². The summed E-state index contributed by atoms with van der Waals surface area (Å²) in [7, 11) is 0. The fourth-order valence-electron chi connectivity index (χ4n) is 3.00. The van der Waals surface area contributed by atoms with Gasteiger partial charge < -0.3 is 14.2 Å². The van der Waals surface area contributed by atoms with Gasteiger partial charge in [0.25, 0.3) is 11.8 Å². The zero-order chi connectivity index (χ0) is 23.5. The molecular formula is C24H28N2O6. The number of carbonyl (C=O) groups excluding carboxylic acids is 3. The molecule has 0 atom stereocenters. The van der Waals surface area contributed by atoms with Gasteiger partial charge in [0, 0.05) is 12.5 Å². The first kappa shape index (κ1) is 24.8. The van der Waals surface area contributed by atoms with Gasteiger partial charge in [-0.2, -0.15) is 5.26 Å². The Labute approximate surface area is 188 Å². The van der Waals surface area contributed by atoms with E-state index >= 15 is 0 Å². The Morgan fingerprint density at radius 1 is 1.09 bits per heavy atom. The first-order valence-electron chi connectivity index (χ1n) is 10.5. The molecule has 0 unspecified atom stereocenters. The van der Waals surface area contributed by atoms with E-state index in [1.54, 1.807) is 13.0 Å². The summed E-state index contributed by atoms with van der Waals surface area (Å²) in [6.45, 7) is 5.90. The van der Waals surface area contributed by atoms with E-state index in [1.807, 2.05) is 30.3 Å². The molecule has 170 valence electrons. The molecule has 0 saturated carbocycles. The lowest BCUT2D eigenvalue weighted by Gasteiger charge is -2.27. The second-order valence-corrected chi connectivity index (χ2v) is 7.16. The number of carbonyl (C=O) groups is 3. The van der Waals surface area contributed by atoms with Gasteiger partial charge in [0.2, 0.25) is 0 Å². The molecule has 0 N–H and O–H groups in total. The summed E-state index contributed by atoms with van der Waals surface area (Å²) in [5.41, 5.74) is 1.30.